The minimum absolute atomic E-state index is 0.0750. The number of hydrogen-bond acceptors (Lipinski definition) is 7. The number of ether oxygens (including phenoxy) is 1. The lowest BCUT2D eigenvalue weighted by molar-refractivity contribution is -0.0223. The predicted molar refractivity (Wildman–Crippen MR) is 126 cm³/mol. The summed E-state index contributed by atoms with van der Waals surface area (Å²) < 4.78 is 33.5. The number of nitrogens with zero attached hydrogens (tertiary/aromatic N) is 4. The highest BCUT2D eigenvalue weighted by molar-refractivity contribution is 6.29. The van der Waals surface area contributed by atoms with Gasteiger partial charge in [-0.25, -0.2) is 23.5 Å². The van der Waals surface area contributed by atoms with Crippen molar-refractivity contribution in [3.8, 4) is 0 Å². The molecule has 0 spiro atoms. The highest BCUT2D eigenvalue weighted by Gasteiger charge is 2.35. The highest BCUT2D eigenvalue weighted by atomic mass is 35.5. The molecule has 0 radical (unpaired) electrons. The summed E-state index contributed by atoms with van der Waals surface area (Å²) >= 11 is 6.24. The van der Waals surface area contributed by atoms with Gasteiger partial charge in [-0.05, 0) is 25.1 Å². The Morgan fingerprint density at radius 2 is 1.88 bits per heavy atom. The van der Waals surface area contributed by atoms with Gasteiger partial charge >= 0.3 is 5.97 Å². The quantitative estimate of drug-likeness (QED) is 0.423. The fraction of sp³-hybridized carbons (Fsp3) is 0.391. The number of para-hydroxylation sites is 1. The molecule has 11 heteroatoms. The van der Waals surface area contributed by atoms with Crippen molar-refractivity contribution in [2.75, 3.05) is 30.4 Å². The number of halogens is 3. The maximum atomic E-state index is 13.7. The standard InChI is InChI=1S/C23H24ClF2N5O3/c1-13(27-16-7-5-4-6-14(16)21(33)34-3)15-12-17(24)28-19-18(15)29-22(30(2)20(19)32)31-10-8-23(25,26)9-11-31/h4-7,12-13,27H,8-11H2,1-3H3. The number of carbonyl (C=O) groups excluding carboxylic acids is 1. The summed E-state index contributed by atoms with van der Waals surface area (Å²) in [4.78, 5) is 35.8. The van der Waals surface area contributed by atoms with Crippen LogP contribution in [0.5, 0.6) is 0 Å². The summed E-state index contributed by atoms with van der Waals surface area (Å²) in [6, 6.07) is 8.03. The third-order valence-electron chi connectivity index (χ3n) is 5.96. The fourth-order valence-corrected chi connectivity index (χ4v) is 4.27. The van der Waals surface area contributed by atoms with Gasteiger partial charge in [0.2, 0.25) is 5.95 Å². The number of methoxy groups -OCH3 is 1. The second kappa shape index (κ2) is 9.17. The van der Waals surface area contributed by atoms with E-state index in [1.165, 1.54) is 18.7 Å². The van der Waals surface area contributed by atoms with Gasteiger partial charge in [-0.2, -0.15) is 0 Å². The number of esters is 1. The van der Waals surface area contributed by atoms with Crippen LogP contribution in [0.25, 0.3) is 11.0 Å². The Morgan fingerprint density at radius 3 is 2.56 bits per heavy atom. The van der Waals surface area contributed by atoms with E-state index in [-0.39, 0.29) is 36.6 Å². The number of aromatic nitrogens is 3. The van der Waals surface area contributed by atoms with E-state index < -0.39 is 23.5 Å². The normalized spacial score (nSPS) is 16.4. The van der Waals surface area contributed by atoms with Crippen molar-refractivity contribution >= 4 is 40.2 Å². The second-order valence-electron chi connectivity index (χ2n) is 8.25. The first kappa shape index (κ1) is 23.9. The lowest BCUT2D eigenvalue weighted by Gasteiger charge is -2.33. The molecule has 4 rings (SSSR count). The van der Waals surface area contributed by atoms with E-state index in [4.69, 9.17) is 16.3 Å². The number of hydrogen-bond donors (Lipinski definition) is 1. The average molecular weight is 492 g/mol. The zero-order valence-corrected chi connectivity index (χ0v) is 19.7. The third-order valence-corrected chi connectivity index (χ3v) is 6.15. The summed E-state index contributed by atoms with van der Waals surface area (Å²) in [5.41, 5.74) is 1.42. The van der Waals surface area contributed by atoms with Crippen LogP contribution in [-0.4, -0.2) is 46.6 Å². The number of rotatable bonds is 5. The SMILES string of the molecule is COC(=O)c1ccccc1NC(C)c1cc(Cl)nc2c(=O)n(C)c(N3CCC(F)(F)CC3)nc12. The molecule has 1 aliphatic heterocycles. The Bertz CT molecular complexity index is 1300. The van der Waals surface area contributed by atoms with Crippen LogP contribution in [0.4, 0.5) is 20.4 Å². The van der Waals surface area contributed by atoms with E-state index >= 15 is 0 Å². The molecular formula is C23H24ClF2N5O3. The van der Waals surface area contributed by atoms with Crippen molar-refractivity contribution in [1.29, 1.82) is 0 Å². The van der Waals surface area contributed by atoms with Gasteiger partial charge in [0.25, 0.3) is 11.5 Å². The molecule has 8 nitrogen and oxygen atoms in total. The number of benzene rings is 1. The molecular weight excluding hydrogens is 468 g/mol. The monoisotopic (exact) mass is 491 g/mol. The second-order valence-corrected chi connectivity index (χ2v) is 8.64. The minimum Gasteiger partial charge on any atom is -0.465 e. The Balaban J connectivity index is 1.78. The first-order chi connectivity index (χ1) is 16.1. The molecule has 0 amide bonds. The molecule has 180 valence electrons. The molecule has 3 heterocycles. The van der Waals surface area contributed by atoms with Crippen LogP contribution in [-0.2, 0) is 11.8 Å². The zero-order valence-electron chi connectivity index (χ0n) is 18.9. The number of carbonyl (C=O) groups is 1. The van der Waals surface area contributed by atoms with E-state index in [0.29, 0.717) is 28.3 Å². The van der Waals surface area contributed by atoms with Crippen LogP contribution in [0.2, 0.25) is 5.15 Å². The molecule has 34 heavy (non-hydrogen) atoms. The molecule has 1 fully saturated rings. The summed E-state index contributed by atoms with van der Waals surface area (Å²) in [6.45, 7) is 1.99. The van der Waals surface area contributed by atoms with Crippen molar-refractivity contribution in [3.05, 3.63) is 57.0 Å². The van der Waals surface area contributed by atoms with Gasteiger partial charge in [-0.3, -0.25) is 9.36 Å². The van der Waals surface area contributed by atoms with Gasteiger partial charge in [-0.15, -0.1) is 0 Å². The number of alkyl halides is 2. The van der Waals surface area contributed by atoms with Crippen molar-refractivity contribution < 1.29 is 18.3 Å². The van der Waals surface area contributed by atoms with Gasteiger partial charge in [0, 0.05) is 44.2 Å². The average Bonchev–Trinajstić information content (AvgIpc) is 2.81. The molecule has 3 aromatic rings. The third kappa shape index (κ3) is 4.54. The molecule has 1 aliphatic rings. The van der Waals surface area contributed by atoms with E-state index in [9.17, 15) is 18.4 Å². The van der Waals surface area contributed by atoms with E-state index in [0.717, 1.165) is 0 Å². The van der Waals surface area contributed by atoms with Gasteiger partial charge < -0.3 is 15.0 Å². The van der Waals surface area contributed by atoms with Crippen molar-refractivity contribution in [2.45, 2.75) is 31.7 Å². The highest BCUT2D eigenvalue weighted by Crippen LogP contribution is 2.32. The molecule has 0 aliphatic carbocycles. The van der Waals surface area contributed by atoms with E-state index in [1.807, 2.05) is 6.92 Å². The number of piperidine rings is 1. The number of fused-ring (bicyclic) bond motifs is 1. The smallest absolute Gasteiger partial charge is 0.339 e. The molecule has 2 aromatic heterocycles. The molecule has 1 aromatic carbocycles. The van der Waals surface area contributed by atoms with Crippen LogP contribution in [0, 0.1) is 0 Å². The number of nitrogens with one attached hydrogen (secondary N) is 1. The zero-order chi connectivity index (χ0) is 24.6. The summed E-state index contributed by atoms with van der Waals surface area (Å²) in [6.07, 6.45) is -0.621. The topological polar surface area (TPSA) is 89.3 Å². The molecule has 1 atom stereocenters. The Morgan fingerprint density at radius 1 is 1.21 bits per heavy atom. The summed E-state index contributed by atoms with van der Waals surface area (Å²) in [5.74, 6) is -2.93. The van der Waals surface area contributed by atoms with Gasteiger partial charge in [0.15, 0.2) is 5.52 Å². The number of anilines is 2. The molecule has 1 saturated heterocycles. The van der Waals surface area contributed by atoms with Crippen LogP contribution in [0.15, 0.2) is 35.1 Å². The Kier molecular flexibility index (Phi) is 6.44. The largest absolute Gasteiger partial charge is 0.465 e. The molecule has 0 saturated carbocycles. The maximum absolute atomic E-state index is 13.7. The first-order valence-corrected chi connectivity index (χ1v) is 11.1. The predicted octanol–water partition coefficient (Wildman–Crippen LogP) is 4.18. The Labute approximate surface area is 199 Å². The van der Waals surface area contributed by atoms with Crippen LogP contribution in [0.3, 0.4) is 0 Å². The van der Waals surface area contributed by atoms with Crippen LogP contribution < -0.4 is 15.8 Å². The van der Waals surface area contributed by atoms with Gasteiger partial charge in [0.05, 0.1) is 18.7 Å². The van der Waals surface area contributed by atoms with Crippen molar-refractivity contribution in [3.63, 3.8) is 0 Å². The van der Waals surface area contributed by atoms with Crippen molar-refractivity contribution in [1.82, 2.24) is 14.5 Å². The molecule has 0 bridgehead atoms. The van der Waals surface area contributed by atoms with Crippen molar-refractivity contribution in [2.24, 2.45) is 7.05 Å². The lowest BCUT2D eigenvalue weighted by Crippen LogP contribution is -2.42. The van der Waals surface area contributed by atoms with E-state index in [2.05, 4.69) is 15.3 Å². The number of pyridine rings is 1. The molecule has 1 unspecified atom stereocenters. The van der Waals surface area contributed by atoms with Crippen LogP contribution in [0.1, 0.15) is 41.7 Å². The first-order valence-electron chi connectivity index (χ1n) is 10.7. The fourth-order valence-electron chi connectivity index (χ4n) is 4.07. The van der Waals surface area contributed by atoms with Gasteiger partial charge in [-0.1, -0.05) is 23.7 Å². The Hall–Kier alpha value is -3.27. The van der Waals surface area contributed by atoms with E-state index in [1.54, 1.807) is 35.2 Å². The van der Waals surface area contributed by atoms with Gasteiger partial charge in [0.1, 0.15) is 10.7 Å². The summed E-state index contributed by atoms with van der Waals surface area (Å²) in [7, 11) is 2.84. The maximum Gasteiger partial charge on any atom is 0.339 e. The summed E-state index contributed by atoms with van der Waals surface area (Å²) in [5, 5.41) is 3.37. The molecule has 1 N–H and O–H groups in total. The lowest BCUT2D eigenvalue weighted by atomic mass is 10.1. The minimum atomic E-state index is -2.72. The van der Waals surface area contributed by atoms with Crippen LogP contribution >= 0.6 is 11.6 Å².